The van der Waals surface area contributed by atoms with E-state index in [0.29, 0.717) is 6.54 Å². The van der Waals surface area contributed by atoms with Gasteiger partial charge in [0.15, 0.2) is 0 Å². The van der Waals surface area contributed by atoms with Gasteiger partial charge in [-0.1, -0.05) is 6.42 Å². The third kappa shape index (κ3) is 2.93. The summed E-state index contributed by atoms with van der Waals surface area (Å²) in [6, 6.07) is -1.22. The molecular weight excluding hydrogens is 212 g/mol. The molecule has 1 atom stereocenters. The summed E-state index contributed by atoms with van der Waals surface area (Å²) in [5.41, 5.74) is 5.44. The van der Waals surface area contributed by atoms with E-state index in [1.165, 1.54) is 0 Å². The van der Waals surface area contributed by atoms with Crippen LogP contribution in [0.1, 0.15) is 25.7 Å². The highest BCUT2D eigenvalue weighted by Crippen LogP contribution is 2.42. The Balaban J connectivity index is 2.43. The molecule has 1 rings (SSSR count). The van der Waals surface area contributed by atoms with Crippen LogP contribution in [0.15, 0.2) is 0 Å². The number of nitrogens with one attached hydrogen (secondary N) is 1. The van der Waals surface area contributed by atoms with Crippen LogP contribution in [-0.4, -0.2) is 41.3 Å². The fraction of sp³-hybridized carbons (Fsp3) is 0.800. The van der Waals surface area contributed by atoms with Crippen LogP contribution in [0.5, 0.6) is 0 Å². The number of carboxylic acids is 1. The number of aliphatic carboxylic acids is 1. The van der Waals surface area contributed by atoms with Crippen molar-refractivity contribution >= 4 is 11.9 Å². The standard InChI is InChI=1S/C10H18N2O4/c11-6-10(2-1-3-10)4-8(14)12-7(5-13)9(15)16/h7,13H,1-6,11H2,(H,12,14)(H,15,16)/t7-/m1/s1. The van der Waals surface area contributed by atoms with Crippen molar-refractivity contribution in [3.8, 4) is 0 Å². The Morgan fingerprint density at radius 1 is 1.44 bits per heavy atom. The highest BCUT2D eigenvalue weighted by Gasteiger charge is 2.38. The smallest absolute Gasteiger partial charge is 0.328 e. The van der Waals surface area contributed by atoms with E-state index in [1.807, 2.05) is 0 Å². The third-order valence-corrected chi connectivity index (χ3v) is 3.20. The van der Waals surface area contributed by atoms with Gasteiger partial charge in [0.2, 0.25) is 5.91 Å². The predicted molar refractivity (Wildman–Crippen MR) is 56.6 cm³/mol. The fourth-order valence-electron chi connectivity index (χ4n) is 1.90. The molecule has 1 amide bonds. The first-order chi connectivity index (χ1) is 7.53. The molecule has 0 aromatic carbocycles. The second-order valence-corrected chi connectivity index (χ2v) is 4.38. The summed E-state index contributed by atoms with van der Waals surface area (Å²) >= 11 is 0. The molecule has 1 fully saturated rings. The number of amides is 1. The lowest BCUT2D eigenvalue weighted by atomic mass is 9.66. The van der Waals surface area contributed by atoms with E-state index in [9.17, 15) is 9.59 Å². The van der Waals surface area contributed by atoms with E-state index in [2.05, 4.69) is 5.32 Å². The SMILES string of the molecule is NCC1(CC(=O)N[C@H](CO)C(=O)O)CCC1. The molecule has 6 heteroatoms. The monoisotopic (exact) mass is 230 g/mol. The van der Waals surface area contributed by atoms with Gasteiger partial charge in [0.05, 0.1) is 6.61 Å². The molecule has 92 valence electrons. The summed E-state index contributed by atoms with van der Waals surface area (Å²) in [7, 11) is 0. The summed E-state index contributed by atoms with van der Waals surface area (Å²) < 4.78 is 0. The number of aliphatic hydroxyl groups is 1. The quantitative estimate of drug-likeness (QED) is 0.471. The second-order valence-electron chi connectivity index (χ2n) is 4.38. The Kier molecular flexibility index (Phi) is 4.26. The van der Waals surface area contributed by atoms with Gasteiger partial charge in [-0.15, -0.1) is 0 Å². The number of hydrogen-bond acceptors (Lipinski definition) is 4. The molecule has 0 radical (unpaired) electrons. The molecule has 0 bridgehead atoms. The minimum Gasteiger partial charge on any atom is -0.480 e. The highest BCUT2D eigenvalue weighted by atomic mass is 16.4. The first kappa shape index (κ1) is 12.9. The number of carbonyl (C=O) groups excluding carboxylic acids is 1. The van der Waals surface area contributed by atoms with E-state index in [1.54, 1.807) is 0 Å². The molecule has 5 N–H and O–H groups in total. The van der Waals surface area contributed by atoms with Crippen LogP contribution in [-0.2, 0) is 9.59 Å². The van der Waals surface area contributed by atoms with Gasteiger partial charge in [0.25, 0.3) is 0 Å². The number of rotatable bonds is 6. The van der Waals surface area contributed by atoms with Gasteiger partial charge in [0, 0.05) is 6.42 Å². The van der Waals surface area contributed by atoms with Crippen molar-refractivity contribution in [3.63, 3.8) is 0 Å². The minimum atomic E-state index is -1.23. The largest absolute Gasteiger partial charge is 0.480 e. The number of hydrogen-bond donors (Lipinski definition) is 4. The van der Waals surface area contributed by atoms with E-state index in [0.717, 1.165) is 19.3 Å². The summed E-state index contributed by atoms with van der Waals surface area (Å²) in [6.07, 6.45) is 3.13. The molecule has 0 saturated heterocycles. The first-order valence-corrected chi connectivity index (χ1v) is 5.36. The van der Waals surface area contributed by atoms with Crippen molar-refractivity contribution in [2.24, 2.45) is 11.1 Å². The van der Waals surface area contributed by atoms with E-state index < -0.39 is 18.6 Å². The van der Waals surface area contributed by atoms with Crippen molar-refractivity contribution < 1.29 is 19.8 Å². The van der Waals surface area contributed by atoms with E-state index in [-0.39, 0.29) is 17.7 Å². The zero-order valence-corrected chi connectivity index (χ0v) is 9.11. The van der Waals surface area contributed by atoms with Crippen molar-refractivity contribution in [3.05, 3.63) is 0 Å². The maximum atomic E-state index is 11.5. The highest BCUT2D eigenvalue weighted by molar-refractivity contribution is 5.84. The minimum absolute atomic E-state index is 0.150. The first-order valence-electron chi connectivity index (χ1n) is 5.36. The van der Waals surface area contributed by atoms with Crippen LogP contribution in [0.3, 0.4) is 0 Å². The van der Waals surface area contributed by atoms with Gasteiger partial charge < -0.3 is 21.3 Å². The molecule has 0 aliphatic heterocycles. The predicted octanol–water partition coefficient (Wildman–Crippen LogP) is -0.933. The van der Waals surface area contributed by atoms with Crippen molar-refractivity contribution in [2.45, 2.75) is 31.7 Å². The zero-order valence-electron chi connectivity index (χ0n) is 9.11. The van der Waals surface area contributed by atoms with Gasteiger partial charge in [-0.25, -0.2) is 4.79 Å². The maximum Gasteiger partial charge on any atom is 0.328 e. The lowest BCUT2D eigenvalue weighted by Crippen LogP contribution is -2.47. The lowest BCUT2D eigenvalue weighted by molar-refractivity contribution is -0.143. The molecule has 16 heavy (non-hydrogen) atoms. The molecule has 0 spiro atoms. The van der Waals surface area contributed by atoms with Gasteiger partial charge >= 0.3 is 5.97 Å². The normalized spacial score (nSPS) is 19.6. The molecule has 0 heterocycles. The number of aliphatic hydroxyl groups excluding tert-OH is 1. The van der Waals surface area contributed by atoms with Crippen molar-refractivity contribution in [2.75, 3.05) is 13.2 Å². The Bertz CT molecular complexity index is 270. The Morgan fingerprint density at radius 3 is 2.38 bits per heavy atom. The van der Waals surface area contributed by atoms with E-state index >= 15 is 0 Å². The van der Waals surface area contributed by atoms with Gasteiger partial charge in [-0.2, -0.15) is 0 Å². The maximum absolute atomic E-state index is 11.5. The molecule has 0 unspecified atom stereocenters. The Morgan fingerprint density at radius 2 is 2.06 bits per heavy atom. The van der Waals surface area contributed by atoms with E-state index in [4.69, 9.17) is 15.9 Å². The average Bonchev–Trinajstić information content (AvgIpc) is 2.19. The van der Waals surface area contributed by atoms with Crippen molar-refractivity contribution in [1.29, 1.82) is 0 Å². The molecule has 1 saturated carbocycles. The molecule has 1 aliphatic carbocycles. The summed E-state index contributed by atoms with van der Waals surface area (Å²) in [4.78, 5) is 22.1. The van der Waals surface area contributed by atoms with Crippen LogP contribution < -0.4 is 11.1 Å². The lowest BCUT2D eigenvalue weighted by Gasteiger charge is -2.40. The Labute approximate surface area is 93.8 Å². The van der Waals surface area contributed by atoms with Crippen LogP contribution in [0.25, 0.3) is 0 Å². The third-order valence-electron chi connectivity index (χ3n) is 3.20. The second kappa shape index (κ2) is 5.27. The number of nitrogens with two attached hydrogens (primary N) is 1. The Hall–Kier alpha value is -1.14. The topological polar surface area (TPSA) is 113 Å². The van der Waals surface area contributed by atoms with Gasteiger partial charge in [-0.05, 0) is 24.8 Å². The zero-order chi connectivity index (χ0) is 12.2. The summed E-state index contributed by atoms with van der Waals surface area (Å²) in [6.45, 7) is -0.159. The molecule has 1 aliphatic rings. The summed E-state index contributed by atoms with van der Waals surface area (Å²) in [5.74, 6) is -1.59. The molecule has 0 aromatic rings. The molecular formula is C10H18N2O4. The number of carboxylic acid groups (broad SMARTS) is 1. The van der Waals surface area contributed by atoms with Gasteiger partial charge in [-0.3, -0.25) is 4.79 Å². The van der Waals surface area contributed by atoms with Crippen molar-refractivity contribution in [1.82, 2.24) is 5.32 Å². The fourth-order valence-corrected chi connectivity index (χ4v) is 1.90. The molecule has 6 nitrogen and oxygen atoms in total. The summed E-state index contributed by atoms with van der Waals surface area (Å²) in [5, 5.41) is 19.7. The van der Waals surface area contributed by atoms with Gasteiger partial charge in [0.1, 0.15) is 6.04 Å². The molecule has 0 aromatic heterocycles. The van der Waals surface area contributed by atoms with Crippen LogP contribution in [0, 0.1) is 5.41 Å². The van der Waals surface area contributed by atoms with Crippen LogP contribution in [0.4, 0.5) is 0 Å². The van der Waals surface area contributed by atoms with Crippen LogP contribution >= 0.6 is 0 Å². The van der Waals surface area contributed by atoms with Crippen LogP contribution in [0.2, 0.25) is 0 Å². The number of carbonyl (C=O) groups is 2. The average molecular weight is 230 g/mol.